The summed E-state index contributed by atoms with van der Waals surface area (Å²) in [6.45, 7) is 3.39. The average molecular weight is 420 g/mol. The minimum atomic E-state index is -0.340. The summed E-state index contributed by atoms with van der Waals surface area (Å²) >= 11 is 5.11. The Morgan fingerprint density at radius 1 is 1.20 bits per heavy atom. The van der Waals surface area contributed by atoms with E-state index in [1.54, 1.807) is 11.8 Å². The highest BCUT2D eigenvalue weighted by Crippen LogP contribution is 2.33. The van der Waals surface area contributed by atoms with E-state index in [-0.39, 0.29) is 11.4 Å². The summed E-state index contributed by atoms with van der Waals surface area (Å²) in [6, 6.07) is 16.5. The molecule has 0 aromatic heterocycles. The predicted octanol–water partition coefficient (Wildman–Crippen LogP) is 4.67. The van der Waals surface area contributed by atoms with Crippen molar-refractivity contribution in [1.29, 1.82) is 0 Å². The summed E-state index contributed by atoms with van der Waals surface area (Å²) < 4.78 is 6.56. The van der Waals surface area contributed by atoms with Crippen LogP contribution in [0.5, 0.6) is 0 Å². The van der Waals surface area contributed by atoms with Crippen LogP contribution in [0.25, 0.3) is 0 Å². The summed E-state index contributed by atoms with van der Waals surface area (Å²) in [5, 5.41) is 3.30. The average Bonchev–Trinajstić information content (AvgIpc) is 2.62. The molecule has 0 saturated carbocycles. The van der Waals surface area contributed by atoms with Gasteiger partial charge in [0.2, 0.25) is 5.91 Å². The van der Waals surface area contributed by atoms with E-state index in [2.05, 4.69) is 64.6 Å². The van der Waals surface area contributed by atoms with Crippen LogP contribution in [0.4, 0.5) is 0 Å². The number of hydrogen-bond acceptors (Lipinski definition) is 3. The highest BCUT2D eigenvalue weighted by Gasteiger charge is 2.36. The molecule has 0 atom stereocenters. The molecular weight excluding hydrogens is 398 g/mol. The first-order valence-corrected chi connectivity index (χ1v) is 10.2. The fourth-order valence-electron chi connectivity index (χ4n) is 3.08. The largest absolute Gasteiger partial charge is 0.381 e. The van der Waals surface area contributed by atoms with Gasteiger partial charge in [0, 0.05) is 22.6 Å². The van der Waals surface area contributed by atoms with E-state index in [0.717, 1.165) is 27.8 Å². The standard InChI is InChI=1S/C20H22BrNO2S/c1-15-5-7-18(8-6-15)25-14-19(23)22-20(9-11-24-12-10-20)16-3-2-4-17(21)13-16/h2-8,13H,9-12,14H2,1H3,(H,22,23). The lowest BCUT2D eigenvalue weighted by Gasteiger charge is -2.38. The van der Waals surface area contributed by atoms with Gasteiger partial charge in [-0.2, -0.15) is 0 Å². The molecule has 1 aliphatic heterocycles. The molecule has 0 spiro atoms. The number of carbonyl (C=O) groups excluding carboxylic acids is 1. The lowest BCUT2D eigenvalue weighted by Crippen LogP contribution is -2.50. The van der Waals surface area contributed by atoms with Gasteiger partial charge in [0.25, 0.3) is 0 Å². The molecule has 3 rings (SSSR count). The summed E-state index contributed by atoms with van der Waals surface area (Å²) in [4.78, 5) is 13.7. The predicted molar refractivity (Wildman–Crippen MR) is 106 cm³/mol. The van der Waals surface area contributed by atoms with Gasteiger partial charge in [-0.25, -0.2) is 0 Å². The number of carbonyl (C=O) groups is 1. The Labute approximate surface area is 161 Å². The third-order valence-electron chi connectivity index (χ3n) is 4.49. The number of benzene rings is 2. The monoisotopic (exact) mass is 419 g/mol. The molecule has 0 radical (unpaired) electrons. The summed E-state index contributed by atoms with van der Waals surface area (Å²) in [5.74, 6) is 0.479. The fraction of sp³-hybridized carbons (Fsp3) is 0.350. The zero-order valence-corrected chi connectivity index (χ0v) is 16.7. The first-order valence-electron chi connectivity index (χ1n) is 8.42. The first kappa shape index (κ1) is 18.5. The van der Waals surface area contributed by atoms with E-state index < -0.39 is 0 Å². The lowest BCUT2D eigenvalue weighted by atomic mass is 9.82. The van der Waals surface area contributed by atoms with E-state index in [0.29, 0.717) is 19.0 Å². The Morgan fingerprint density at radius 3 is 2.60 bits per heavy atom. The van der Waals surface area contributed by atoms with Crippen LogP contribution in [0.2, 0.25) is 0 Å². The molecule has 0 unspecified atom stereocenters. The molecule has 1 saturated heterocycles. The van der Waals surface area contributed by atoms with Gasteiger partial charge in [0.1, 0.15) is 0 Å². The second-order valence-electron chi connectivity index (χ2n) is 6.35. The minimum absolute atomic E-state index is 0.0625. The van der Waals surface area contributed by atoms with Crippen LogP contribution < -0.4 is 5.32 Å². The van der Waals surface area contributed by atoms with Crippen LogP contribution in [0.15, 0.2) is 57.9 Å². The molecule has 1 amide bonds. The molecular formula is C20H22BrNO2S. The molecule has 2 aromatic carbocycles. The number of nitrogens with one attached hydrogen (secondary N) is 1. The molecule has 5 heteroatoms. The lowest BCUT2D eigenvalue weighted by molar-refractivity contribution is -0.121. The smallest absolute Gasteiger partial charge is 0.231 e. The molecule has 1 heterocycles. The SMILES string of the molecule is Cc1ccc(SCC(=O)NC2(c3cccc(Br)c3)CCOCC2)cc1. The van der Waals surface area contributed by atoms with Crippen LogP contribution in [-0.2, 0) is 15.1 Å². The maximum atomic E-state index is 12.6. The second kappa shape index (κ2) is 8.39. The second-order valence-corrected chi connectivity index (χ2v) is 8.32. The van der Waals surface area contributed by atoms with Crippen molar-refractivity contribution in [2.75, 3.05) is 19.0 Å². The molecule has 1 N–H and O–H groups in total. The van der Waals surface area contributed by atoms with E-state index in [9.17, 15) is 4.79 Å². The zero-order valence-electron chi connectivity index (χ0n) is 14.3. The number of amides is 1. The Kier molecular flexibility index (Phi) is 6.20. The molecule has 1 fully saturated rings. The van der Waals surface area contributed by atoms with Crippen LogP contribution in [-0.4, -0.2) is 24.9 Å². The molecule has 0 bridgehead atoms. The molecule has 1 aliphatic rings. The van der Waals surface area contributed by atoms with Crippen LogP contribution in [0.3, 0.4) is 0 Å². The molecule has 2 aromatic rings. The van der Waals surface area contributed by atoms with E-state index in [1.807, 2.05) is 12.1 Å². The number of halogens is 1. The van der Waals surface area contributed by atoms with Gasteiger partial charge in [-0.05, 0) is 49.6 Å². The number of aryl methyl sites for hydroxylation is 1. The van der Waals surface area contributed by atoms with Crippen LogP contribution in [0, 0.1) is 6.92 Å². The third kappa shape index (κ3) is 4.87. The van der Waals surface area contributed by atoms with Gasteiger partial charge >= 0.3 is 0 Å². The molecule has 132 valence electrons. The summed E-state index contributed by atoms with van der Waals surface area (Å²) in [5.41, 5.74) is 2.02. The Morgan fingerprint density at radius 2 is 1.92 bits per heavy atom. The van der Waals surface area contributed by atoms with E-state index >= 15 is 0 Å². The molecule has 3 nitrogen and oxygen atoms in total. The topological polar surface area (TPSA) is 38.3 Å². The van der Waals surface area contributed by atoms with Crippen molar-refractivity contribution in [1.82, 2.24) is 5.32 Å². The minimum Gasteiger partial charge on any atom is -0.381 e. The maximum Gasteiger partial charge on any atom is 0.231 e. The van der Waals surface area contributed by atoms with Crippen LogP contribution in [0.1, 0.15) is 24.0 Å². The number of rotatable bonds is 5. The molecule has 0 aliphatic carbocycles. The van der Waals surface area contributed by atoms with Crippen LogP contribution >= 0.6 is 27.7 Å². The van der Waals surface area contributed by atoms with Gasteiger partial charge < -0.3 is 10.1 Å². The fourth-order valence-corrected chi connectivity index (χ4v) is 4.18. The van der Waals surface area contributed by atoms with Crippen molar-refractivity contribution >= 4 is 33.6 Å². The van der Waals surface area contributed by atoms with Crippen molar-refractivity contribution in [2.45, 2.75) is 30.2 Å². The van der Waals surface area contributed by atoms with Crippen molar-refractivity contribution in [3.8, 4) is 0 Å². The highest BCUT2D eigenvalue weighted by atomic mass is 79.9. The van der Waals surface area contributed by atoms with Crippen molar-refractivity contribution in [3.05, 3.63) is 64.1 Å². The number of thioether (sulfide) groups is 1. The summed E-state index contributed by atoms with van der Waals surface area (Å²) in [6.07, 6.45) is 1.59. The zero-order chi connectivity index (χ0) is 17.7. The van der Waals surface area contributed by atoms with Gasteiger partial charge in [0.05, 0.1) is 11.3 Å². The van der Waals surface area contributed by atoms with E-state index in [1.165, 1.54) is 5.56 Å². The Bertz CT molecular complexity index is 727. The first-order chi connectivity index (χ1) is 12.1. The highest BCUT2D eigenvalue weighted by molar-refractivity contribution is 9.10. The van der Waals surface area contributed by atoms with Gasteiger partial charge in [-0.15, -0.1) is 11.8 Å². The van der Waals surface area contributed by atoms with Crippen molar-refractivity contribution in [3.63, 3.8) is 0 Å². The summed E-state index contributed by atoms with van der Waals surface area (Å²) in [7, 11) is 0. The number of hydrogen-bond donors (Lipinski definition) is 1. The van der Waals surface area contributed by atoms with Gasteiger partial charge in [-0.1, -0.05) is 45.8 Å². The van der Waals surface area contributed by atoms with Gasteiger partial charge in [0.15, 0.2) is 0 Å². The van der Waals surface area contributed by atoms with E-state index in [4.69, 9.17) is 4.74 Å². The van der Waals surface area contributed by atoms with Crippen molar-refractivity contribution < 1.29 is 9.53 Å². The Balaban J connectivity index is 1.69. The maximum absolute atomic E-state index is 12.6. The number of ether oxygens (including phenoxy) is 1. The quantitative estimate of drug-likeness (QED) is 0.715. The Hall–Kier alpha value is -1.30. The van der Waals surface area contributed by atoms with Crippen molar-refractivity contribution in [2.24, 2.45) is 0 Å². The third-order valence-corrected chi connectivity index (χ3v) is 6.00. The normalized spacial score (nSPS) is 16.4. The van der Waals surface area contributed by atoms with Gasteiger partial charge in [-0.3, -0.25) is 4.79 Å². The molecule has 25 heavy (non-hydrogen) atoms.